The van der Waals surface area contributed by atoms with Crippen LogP contribution in [0.5, 0.6) is 11.5 Å². The number of carbonyl (C=O) groups is 1. The summed E-state index contributed by atoms with van der Waals surface area (Å²) in [6.45, 7) is 7.66. The van der Waals surface area contributed by atoms with Gasteiger partial charge < -0.3 is 14.4 Å². The van der Waals surface area contributed by atoms with Crippen molar-refractivity contribution in [3.63, 3.8) is 0 Å². The zero-order valence-electron chi connectivity index (χ0n) is 16.4. The monoisotopic (exact) mass is 391 g/mol. The largest absolute Gasteiger partial charge is 0.497 e. The van der Waals surface area contributed by atoms with E-state index in [1.54, 1.807) is 13.2 Å². The van der Waals surface area contributed by atoms with Crippen LogP contribution in [-0.2, 0) is 6.42 Å². The van der Waals surface area contributed by atoms with Gasteiger partial charge in [0, 0.05) is 13.0 Å². The van der Waals surface area contributed by atoms with Crippen LogP contribution in [0.2, 0.25) is 0 Å². The lowest BCUT2D eigenvalue weighted by Gasteiger charge is -2.19. The van der Waals surface area contributed by atoms with Gasteiger partial charge in [-0.3, -0.25) is 4.79 Å². The van der Waals surface area contributed by atoms with Crippen molar-refractivity contribution in [3.8, 4) is 11.5 Å². The Kier molecular flexibility index (Phi) is 10.5. The van der Waals surface area contributed by atoms with E-state index in [0.717, 1.165) is 31.6 Å². The summed E-state index contributed by atoms with van der Waals surface area (Å²) in [5.74, 6) is 1.38. The van der Waals surface area contributed by atoms with Gasteiger partial charge in [-0.15, -0.1) is 12.4 Å². The molecule has 0 bridgehead atoms. The Hall–Kier alpha value is -2.04. The fraction of sp³-hybridized carbons (Fsp3) is 0.409. The van der Waals surface area contributed by atoms with Crippen molar-refractivity contribution in [3.05, 3.63) is 59.7 Å². The first-order chi connectivity index (χ1) is 12.7. The highest BCUT2D eigenvalue weighted by Gasteiger charge is 2.14. The molecular formula is C22H30ClNO3. The maximum Gasteiger partial charge on any atom is 0.167 e. The standard InChI is InChI=1S/C22H29NO3.ClH/c1-4-23(5-2)15-16-26-22-14-12-19(25-3)17-20(22)21(24)13-11-18-9-7-6-8-10-18;/h6-10,12,14,17H,4-5,11,13,15-16H2,1-3H3;1H. The number of likely N-dealkylation sites (N-methyl/N-ethyl adjacent to an activating group) is 1. The number of hydrogen-bond acceptors (Lipinski definition) is 4. The van der Waals surface area contributed by atoms with Crippen molar-refractivity contribution in [1.82, 2.24) is 4.90 Å². The van der Waals surface area contributed by atoms with Crippen molar-refractivity contribution in [2.45, 2.75) is 26.7 Å². The van der Waals surface area contributed by atoms with Gasteiger partial charge in [0.2, 0.25) is 0 Å². The molecule has 0 radical (unpaired) electrons. The van der Waals surface area contributed by atoms with Crippen LogP contribution in [0.25, 0.3) is 0 Å². The van der Waals surface area contributed by atoms with Gasteiger partial charge in [0.15, 0.2) is 5.78 Å². The molecule has 0 N–H and O–H groups in total. The predicted octanol–water partition coefficient (Wildman–Crippen LogP) is 4.65. The molecule has 2 aromatic carbocycles. The normalized spacial score (nSPS) is 10.4. The molecule has 0 amide bonds. The van der Waals surface area contributed by atoms with Crippen molar-refractivity contribution >= 4 is 18.2 Å². The highest BCUT2D eigenvalue weighted by Crippen LogP contribution is 2.26. The number of ketones is 1. The number of rotatable bonds is 11. The molecule has 0 aliphatic carbocycles. The van der Waals surface area contributed by atoms with Crippen LogP contribution >= 0.6 is 12.4 Å². The summed E-state index contributed by atoms with van der Waals surface area (Å²) < 4.78 is 11.2. The van der Waals surface area contributed by atoms with Crippen LogP contribution < -0.4 is 9.47 Å². The maximum atomic E-state index is 12.8. The van der Waals surface area contributed by atoms with Gasteiger partial charge in [0.05, 0.1) is 12.7 Å². The van der Waals surface area contributed by atoms with E-state index in [4.69, 9.17) is 9.47 Å². The number of aryl methyl sites for hydroxylation is 1. The number of benzene rings is 2. The molecule has 0 aliphatic heterocycles. The minimum atomic E-state index is 0. The number of ether oxygens (including phenoxy) is 2. The molecule has 5 heteroatoms. The maximum absolute atomic E-state index is 12.8. The third-order valence-electron chi connectivity index (χ3n) is 4.53. The highest BCUT2D eigenvalue weighted by molar-refractivity contribution is 5.99. The van der Waals surface area contributed by atoms with E-state index in [0.29, 0.717) is 30.1 Å². The van der Waals surface area contributed by atoms with Crippen molar-refractivity contribution in [1.29, 1.82) is 0 Å². The minimum Gasteiger partial charge on any atom is -0.497 e. The summed E-state index contributed by atoms with van der Waals surface area (Å²) in [7, 11) is 1.61. The van der Waals surface area contributed by atoms with Crippen LogP contribution in [0.3, 0.4) is 0 Å². The number of Topliss-reactive ketones (excluding diaryl/α,β-unsaturated/α-hetero) is 1. The zero-order valence-corrected chi connectivity index (χ0v) is 17.3. The summed E-state index contributed by atoms with van der Waals surface area (Å²) >= 11 is 0. The first kappa shape index (κ1) is 23.0. The van der Waals surface area contributed by atoms with Crippen LogP contribution in [0.15, 0.2) is 48.5 Å². The number of methoxy groups -OCH3 is 1. The molecule has 27 heavy (non-hydrogen) atoms. The van der Waals surface area contributed by atoms with Crippen LogP contribution in [-0.4, -0.2) is 44.0 Å². The highest BCUT2D eigenvalue weighted by atomic mass is 35.5. The van der Waals surface area contributed by atoms with E-state index in [9.17, 15) is 4.79 Å². The van der Waals surface area contributed by atoms with Crippen molar-refractivity contribution in [2.24, 2.45) is 0 Å². The quantitative estimate of drug-likeness (QED) is 0.522. The van der Waals surface area contributed by atoms with E-state index in [1.165, 1.54) is 0 Å². The molecule has 2 rings (SSSR count). The molecule has 0 saturated carbocycles. The molecule has 0 spiro atoms. The topological polar surface area (TPSA) is 38.8 Å². The summed E-state index contributed by atoms with van der Waals surface area (Å²) in [5, 5.41) is 0. The Bertz CT molecular complexity index is 687. The first-order valence-electron chi connectivity index (χ1n) is 9.28. The molecule has 0 heterocycles. The molecule has 0 aliphatic rings. The van der Waals surface area contributed by atoms with Gasteiger partial charge in [-0.1, -0.05) is 44.2 Å². The Morgan fingerprint density at radius 1 is 1.04 bits per heavy atom. The second-order valence-electron chi connectivity index (χ2n) is 6.15. The molecule has 0 atom stereocenters. The van der Waals surface area contributed by atoms with E-state index in [-0.39, 0.29) is 18.2 Å². The van der Waals surface area contributed by atoms with E-state index in [1.807, 2.05) is 42.5 Å². The third-order valence-corrected chi connectivity index (χ3v) is 4.53. The molecule has 0 saturated heterocycles. The zero-order chi connectivity index (χ0) is 18.8. The smallest absolute Gasteiger partial charge is 0.167 e. The first-order valence-corrected chi connectivity index (χ1v) is 9.28. The van der Waals surface area contributed by atoms with Gasteiger partial charge in [-0.2, -0.15) is 0 Å². The van der Waals surface area contributed by atoms with Gasteiger partial charge >= 0.3 is 0 Å². The fourth-order valence-electron chi connectivity index (χ4n) is 2.84. The SMILES string of the molecule is CCN(CC)CCOc1ccc(OC)cc1C(=O)CCc1ccccc1.Cl. The predicted molar refractivity (Wildman–Crippen MR) is 113 cm³/mol. The Morgan fingerprint density at radius 2 is 1.74 bits per heavy atom. The van der Waals surface area contributed by atoms with Gasteiger partial charge in [0.25, 0.3) is 0 Å². The van der Waals surface area contributed by atoms with Crippen LogP contribution in [0.1, 0.15) is 36.2 Å². The molecule has 0 unspecified atom stereocenters. The number of nitrogens with zero attached hydrogens (tertiary/aromatic N) is 1. The summed E-state index contributed by atoms with van der Waals surface area (Å²) in [4.78, 5) is 15.1. The molecule has 0 fully saturated rings. The Labute approximate surface area is 168 Å². The number of hydrogen-bond donors (Lipinski definition) is 0. The summed E-state index contributed by atoms with van der Waals surface area (Å²) in [6, 6.07) is 15.5. The Morgan fingerprint density at radius 3 is 2.37 bits per heavy atom. The summed E-state index contributed by atoms with van der Waals surface area (Å²) in [5.41, 5.74) is 1.76. The lowest BCUT2D eigenvalue weighted by Crippen LogP contribution is -2.28. The molecule has 4 nitrogen and oxygen atoms in total. The summed E-state index contributed by atoms with van der Waals surface area (Å²) in [6.07, 6.45) is 1.17. The van der Waals surface area contributed by atoms with Crippen LogP contribution in [0, 0.1) is 0 Å². The average molecular weight is 392 g/mol. The van der Waals surface area contributed by atoms with Crippen molar-refractivity contribution < 1.29 is 14.3 Å². The molecule has 148 valence electrons. The van der Waals surface area contributed by atoms with Gasteiger partial charge in [-0.25, -0.2) is 0 Å². The lowest BCUT2D eigenvalue weighted by molar-refractivity contribution is 0.0977. The molecular weight excluding hydrogens is 362 g/mol. The molecule has 2 aromatic rings. The molecule has 0 aromatic heterocycles. The van der Waals surface area contributed by atoms with Gasteiger partial charge in [-0.05, 0) is 43.3 Å². The number of halogens is 1. The third kappa shape index (κ3) is 7.24. The van der Waals surface area contributed by atoms with E-state index < -0.39 is 0 Å². The van der Waals surface area contributed by atoms with Gasteiger partial charge in [0.1, 0.15) is 18.1 Å². The second kappa shape index (κ2) is 12.4. The number of carbonyl (C=O) groups excluding carboxylic acids is 1. The second-order valence-corrected chi connectivity index (χ2v) is 6.15. The van der Waals surface area contributed by atoms with E-state index in [2.05, 4.69) is 18.7 Å². The van der Waals surface area contributed by atoms with E-state index >= 15 is 0 Å². The lowest BCUT2D eigenvalue weighted by atomic mass is 10.0. The van der Waals surface area contributed by atoms with Crippen molar-refractivity contribution in [2.75, 3.05) is 33.4 Å². The Balaban J connectivity index is 0.00000364. The average Bonchev–Trinajstić information content (AvgIpc) is 2.70. The fourth-order valence-corrected chi connectivity index (χ4v) is 2.84. The minimum absolute atomic E-state index is 0. The van der Waals surface area contributed by atoms with Crippen LogP contribution in [0.4, 0.5) is 0 Å².